The largest absolute Gasteiger partial charge is 0.398 e. The van der Waals surface area contributed by atoms with E-state index in [4.69, 9.17) is 11.0 Å². The van der Waals surface area contributed by atoms with E-state index in [0.29, 0.717) is 11.3 Å². The zero-order valence-electron chi connectivity index (χ0n) is 8.31. The average molecular weight is 274 g/mol. The van der Waals surface area contributed by atoms with Gasteiger partial charge in [-0.25, -0.2) is 0 Å². The molecule has 78 valence electrons. The number of pyridine rings is 1. The summed E-state index contributed by atoms with van der Waals surface area (Å²) in [6.07, 6.45) is 1.65. The molecule has 4 heteroatoms. The molecule has 0 spiro atoms. The Morgan fingerprint density at radius 2 is 2.12 bits per heavy atom. The van der Waals surface area contributed by atoms with Gasteiger partial charge in [0.05, 0.1) is 21.8 Å². The number of hydrogen-bond donors (Lipinski definition) is 1. The number of nitrogens with zero attached hydrogens (tertiary/aromatic N) is 2. The van der Waals surface area contributed by atoms with E-state index in [1.54, 1.807) is 24.4 Å². The molecule has 2 rings (SSSR count). The fraction of sp³-hybridized carbons (Fsp3) is 0. The van der Waals surface area contributed by atoms with Gasteiger partial charge in [-0.05, 0) is 34.1 Å². The summed E-state index contributed by atoms with van der Waals surface area (Å²) in [7, 11) is 0. The molecule has 2 aromatic rings. The van der Waals surface area contributed by atoms with Gasteiger partial charge in [-0.1, -0.05) is 12.1 Å². The van der Waals surface area contributed by atoms with Crippen LogP contribution in [0.15, 0.2) is 41.0 Å². The molecule has 2 N–H and O–H groups in total. The summed E-state index contributed by atoms with van der Waals surface area (Å²) >= 11 is 3.39. The number of halogens is 1. The van der Waals surface area contributed by atoms with Crippen LogP contribution < -0.4 is 5.73 Å². The molecule has 0 radical (unpaired) electrons. The highest BCUT2D eigenvalue weighted by atomic mass is 79.9. The van der Waals surface area contributed by atoms with Crippen molar-refractivity contribution in [2.45, 2.75) is 0 Å². The van der Waals surface area contributed by atoms with E-state index in [-0.39, 0.29) is 0 Å². The fourth-order valence-corrected chi connectivity index (χ4v) is 1.86. The molecule has 1 aromatic heterocycles. The highest BCUT2D eigenvalue weighted by Crippen LogP contribution is 2.30. The predicted molar refractivity (Wildman–Crippen MR) is 66.5 cm³/mol. The monoisotopic (exact) mass is 273 g/mol. The third kappa shape index (κ3) is 1.90. The Hall–Kier alpha value is -1.86. The van der Waals surface area contributed by atoms with Gasteiger partial charge in [0.25, 0.3) is 0 Å². The third-order valence-corrected chi connectivity index (χ3v) is 3.02. The number of rotatable bonds is 1. The molecule has 3 nitrogen and oxygen atoms in total. The summed E-state index contributed by atoms with van der Waals surface area (Å²) in [5.41, 5.74) is 8.63. The molecule has 1 heterocycles. The Morgan fingerprint density at radius 1 is 1.31 bits per heavy atom. The Balaban J connectivity index is 2.59. The Morgan fingerprint density at radius 3 is 2.88 bits per heavy atom. The molecule has 0 bridgehead atoms. The van der Waals surface area contributed by atoms with Gasteiger partial charge in [0, 0.05) is 17.4 Å². The number of aromatic nitrogens is 1. The van der Waals surface area contributed by atoms with Gasteiger partial charge in [0.2, 0.25) is 0 Å². The molecule has 0 aliphatic heterocycles. The summed E-state index contributed by atoms with van der Waals surface area (Å²) in [4.78, 5) is 4.25. The molecule has 0 aliphatic carbocycles. The second-order valence-corrected chi connectivity index (χ2v) is 4.05. The van der Waals surface area contributed by atoms with Crippen LogP contribution in [0.3, 0.4) is 0 Å². The van der Waals surface area contributed by atoms with Gasteiger partial charge in [-0.3, -0.25) is 4.98 Å². The van der Waals surface area contributed by atoms with E-state index in [1.165, 1.54) is 0 Å². The maximum absolute atomic E-state index is 8.83. The molecule has 0 atom stereocenters. The topological polar surface area (TPSA) is 62.7 Å². The van der Waals surface area contributed by atoms with Crippen LogP contribution >= 0.6 is 15.9 Å². The lowest BCUT2D eigenvalue weighted by molar-refractivity contribution is 1.31. The second-order valence-electron chi connectivity index (χ2n) is 3.26. The molecule has 0 saturated heterocycles. The molecule has 0 saturated carbocycles. The van der Waals surface area contributed by atoms with Crippen LogP contribution in [0.1, 0.15) is 5.56 Å². The Bertz CT molecular complexity index is 573. The predicted octanol–water partition coefficient (Wildman–Crippen LogP) is 2.96. The van der Waals surface area contributed by atoms with Crippen LogP contribution in [-0.4, -0.2) is 4.98 Å². The van der Waals surface area contributed by atoms with E-state index >= 15 is 0 Å². The molecule has 1 aromatic carbocycles. The van der Waals surface area contributed by atoms with E-state index in [0.717, 1.165) is 15.7 Å². The third-order valence-electron chi connectivity index (χ3n) is 2.18. The summed E-state index contributed by atoms with van der Waals surface area (Å²) in [5, 5.41) is 8.83. The van der Waals surface area contributed by atoms with Crippen molar-refractivity contribution in [3.63, 3.8) is 0 Å². The fourth-order valence-electron chi connectivity index (χ4n) is 1.40. The molecular weight excluding hydrogens is 266 g/mol. The summed E-state index contributed by atoms with van der Waals surface area (Å²) in [5.74, 6) is 0. The smallest absolute Gasteiger partial charge is 0.0991 e. The first kappa shape index (κ1) is 10.7. The summed E-state index contributed by atoms with van der Waals surface area (Å²) in [6.45, 7) is 0. The van der Waals surface area contributed by atoms with Crippen molar-refractivity contribution in [2.24, 2.45) is 0 Å². The zero-order chi connectivity index (χ0) is 11.5. The molecule has 0 amide bonds. The average Bonchev–Trinajstić information content (AvgIpc) is 2.33. The lowest BCUT2D eigenvalue weighted by Gasteiger charge is -2.05. The lowest BCUT2D eigenvalue weighted by Crippen LogP contribution is -1.92. The van der Waals surface area contributed by atoms with E-state index in [2.05, 4.69) is 27.0 Å². The van der Waals surface area contributed by atoms with Gasteiger partial charge < -0.3 is 5.73 Å². The molecular formula is C12H8BrN3. The first-order valence-corrected chi connectivity index (χ1v) is 5.42. The molecule has 16 heavy (non-hydrogen) atoms. The second kappa shape index (κ2) is 4.33. The number of nitrogen functional groups attached to an aromatic ring is 1. The molecule has 0 unspecified atom stereocenters. The van der Waals surface area contributed by atoms with Crippen molar-refractivity contribution in [3.8, 4) is 17.3 Å². The number of anilines is 1. The normalized spacial score (nSPS) is 9.75. The highest BCUT2D eigenvalue weighted by molar-refractivity contribution is 9.10. The van der Waals surface area contributed by atoms with Gasteiger partial charge in [-0.2, -0.15) is 5.26 Å². The minimum absolute atomic E-state index is 0.605. The number of benzene rings is 1. The van der Waals surface area contributed by atoms with Crippen LogP contribution in [-0.2, 0) is 0 Å². The minimum atomic E-state index is 0.605. The number of nitrogens with two attached hydrogens (primary N) is 1. The first-order valence-electron chi connectivity index (χ1n) is 4.63. The summed E-state index contributed by atoms with van der Waals surface area (Å²) in [6, 6.07) is 11.1. The standard InChI is InChI=1S/C12H8BrN3/c13-11-10(15)4-5-16-12(11)9-3-1-2-8(6-9)7-14/h1-6H,(H2,15,16). The van der Waals surface area contributed by atoms with Gasteiger partial charge in [0.1, 0.15) is 0 Å². The number of hydrogen-bond acceptors (Lipinski definition) is 3. The van der Waals surface area contributed by atoms with Crippen LogP contribution in [0.25, 0.3) is 11.3 Å². The van der Waals surface area contributed by atoms with Gasteiger partial charge >= 0.3 is 0 Å². The molecule has 0 fully saturated rings. The maximum atomic E-state index is 8.83. The van der Waals surface area contributed by atoms with Crippen molar-refractivity contribution in [1.29, 1.82) is 5.26 Å². The van der Waals surface area contributed by atoms with E-state index in [1.807, 2.05) is 12.1 Å². The van der Waals surface area contributed by atoms with Crippen molar-refractivity contribution < 1.29 is 0 Å². The van der Waals surface area contributed by atoms with E-state index in [9.17, 15) is 0 Å². The van der Waals surface area contributed by atoms with Crippen LogP contribution in [0.5, 0.6) is 0 Å². The first-order chi connectivity index (χ1) is 7.72. The van der Waals surface area contributed by atoms with Gasteiger partial charge in [0.15, 0.2) is 0 Å². The van der Waals surface area contributed by atoms with Crippen molar-refractivity contribution in [1.82, 2.24) is 4.98 Å². The highest BCUT2D eigenvalue weighted by Gasteiger charge is 2.07. The van der Waals surface area contributed by atoms with E-state index < -0.39 is 0 Å². The molecule has 0 aliphatic rings. The van der Waals surface area contributed by atoms with Crippen molar-refractivity contribution in [3.05, 3.63) is 46.6 Å². The quantitative estimate of drug-likeness (QED) is 0.869. The SMILES string of the molecule is N#Cc1cccc(-c2nccc(N)c2Br)c1. The van der Waals surface area contributed by atoms with Gasteiger partial charge in [-0.15, -0.1) is 0 Å². The number of nitriles is 1. The Labute approximate surface area is 102 Å². The lowest BCUT2D eigenvalue weighted by atomic mass is 10.1. The summed E-state index contributed by atoms with van der Waals surface area (Å²) < 4.78 is 0.755. The Kier molecular flexibility index (Phi) is 2.88. The van der Waals surface area contributed by atoms with Crippen molar-refractivity contribution in [2.75, 3.05) is 5.73 Å². The van der Waals surface area contributed by atoms with Crippen LogP contribution in [0.4, 0.5) is 5.69 Å². The van der Waals surface area contributed by atoms with Crippen molar-refractivity contribution >= 4 is 21.6 Å². The minimum Gasteiger partial charge on any atom is -0.398 e. The van der Waals surface area contributed by atoms with Crippen LogP contribution in [0.2, 0.25) is 0 Å². The zero-order valence-corrected chi connectivity index (χ0v) is 9.90. The van der Waals surface area contributed by atoms with Crippen LogP contribution in [0, 0.1) is 11.3 Å². The maximum Gasteiger partial charge on any atom is 0.0991 e.